The highest BCUT2D eigenvalue weighted by Crippen LogP contribution is 2.11. The fourth-order valence-corrected chi connectivity index (χ4v) is 2.72. The molecule has 2 nitrogen and oxygen atoms in total. The number of alkyl halides is 1. The van der Waals surface area contributed by atoms with Crippen LogP contribution in [-0.2, 0) is 11.2 Å². The SMILES string of the molecule is CC(C)C(CI)NC(=O)Cc1ccc(F)cc1F. The summed E-state index contributed by atoms with van der Waals surface area (Å²) in [5.41, 5.74) is 0.213. The summed E-state index contributed by atoms with van der Waals surface area (Å²) >= 11 is 2.20. The third-order valence-electron chi connectivity index (χ3n) is 2.68. The van der Waals surface area contributed by atoms with Crippen molar-refractivity contribution < 1.29 is 13.6 Å². The predicted octanol–water partition coefficient (Wildman–Crippen LogP) is 3.08. The Morgan fingerprint density at radius 3 is 2.56 bits per heavy atom. The molecule has 0 saturated carbocycles. The lowest BCUT2D eigenvalue weighted by Crippen LogP contribution is -2.40. The molecule has 1 unspecified atom stereocenters. The summed E-state index contributed by atoms with van der Waals surface area (Å²) < 4.78 is 26.9. The molecule has 0 spiro atoms. The first-order valence-electron chi connectivity index (χ1n) is 5.73. The molecule has 100 valence electrons. The molecule has 0 aliphatic carbocycles. The van der Waals surface area contributed by atoms with E-state index in [0.717, 1.165) is 16.6 Å². The van der Waals surface area contributed by atoms with E-state index in [1.807, 2.05) is 13.8 Å². The topological polar surface area (TPSA) is 29.1 Å². The fraction of sp³-hybridized carbons (Fsp3) is 0.462. The average Bonchev–Trinajstić information content (AvgIpc) is 2.29. The molecule has 0 saturated heterocycles. The second kappa shape index (κ2) is 7.01. The minimum atomic E-state index is -0.680. The number of carbonyl (C=O) groups excluding carboxylic acids is 1. The van der Waals surface area contributed by atoms with Crippen LogP contribution in [-0.4, -0.2) is 16.4 Å². The number of rotatable bonds is 5. The van der Waals surface area contributed by atoms with E-state index in [0.29, 0.717) is 5.92 Å². The molecule has 18 heavy (non-hydrogen) atoms. The Bertz CT molecular complexity index is 423. The molecular weight excluding hydrogens is 351 g/mol. The van der Waals surface area contributed by atoms with Crippen LogP contribution >= 0.6 is 22.6 Å². The maximum atomic E-state index is 13.4. The Balaban J connectivity index is 2.64. The van der Waals surface area contributed by atoms with Crippen LogP contribution in [0.2, 0.25) is 0 Å². The lowest BCUT2D eigenvalue weighted by molar-refractivity contribution is -0.121. The van der Waals surface area contributed by atoms with Gasteiger partial charge in [-0.2, -0.15) is 0 Å². The lowest BCUT2D eigenvalue weighted by Gasteiger charge is -2.20. The maximum Gasteiger partial charge on any atom is 0.224 e. The molecule has 1 amide bonds. The van der Waals surface area contributed by atoms with E-state index >= 15 is 0 Å². The summed E-state index contributed by atoms with van der Waals surface area (Å²) in [6.07, 6.45) is -0.0635. The number of hydrogen-bond acceptors (Lipinski definition) is 1. The van der Waals surface area contributed by atoms with Gasteiger partial charge in [0.1, 0.15) is 11.6 Å². The Morgan fingerprint density at radius 1 is 1.39 bits per heavy atom. The highest BCUT2D eigenvalue weighted by molar-refractivity contribution is 14.1. The number of hydrogen-bond donors (Lipinski definition) is 1. The lowest BCUT2D eigenvalue weighted by atomic mass is 10.1. The molecule has 1 N–H and O–H groups in total. The van der Waals surface area contributed by atoms with E-state index in [2.05, 4.69) is 27.9 Å². The monoisotopic (exact) mass is 367 g/mol. The molecule has 1 rings (SSSR count). The molecule has 0 radical (unpaired) electrons. The summed E-state index contributed by atoms with van der Waals surface area (Å²) in [7, 11) is 0. The van der Waals surface area contributed by atoms with Gasteiger partial charge in [-0.15, -0.1) is 0 Å². The van der Waals surface area contributed by atoms with Crippen molar-refractivity contribution in [1.82, 2.24) is 5.32 Å². The zero-order valence-electron chi connectivity index (χ0n) is 10.3. The molecule has 0 aliphatic rings. The summed E-state index contributed by atoms with van der Waals surface area (Å²) in [6, 6.07) is 3.32. The first-order chi connectivity index (χ1) is 8.43. The zero-order chi connectivity index (χ0) is 13.7. The number of carbonyl (C=O) groups is 1. The van der Waals surface area contributed by atoms with Crippen molar-refractivity contribution in [1.29, 1.82) is 0 Å². The number of halogens is 3. The van der Waals surface area contributed by atoms with Crippen LogP contribution < -0.4 is 5.32 Å². The molecule has 0 bridgehead atoms. The van der Waals surface area contributed by atoms with Gasteiger partial charge in [-0.25, -0.2) is 8.78 Å². The molecule has 1 aromatic carbocycles. The van der Waals surface area contributed by atoms with Gasteiger partial charge >= 0.3 is 0 Å². The molecule has 0 aromatic heterocycles. The van der Waals surface area contributed by atoms with Crippen LogP contribution in [0.15, 0.2) is 18.2 Å². The Morgan fingerprint density at radius 2 is 2.06 bits per heavy atom. The van der Waals surface area contributed by atoms with Gasteiger partial charge in [-0.1, -0.05) is 42.5 Å². The van der Waals surface area contributed by atoms with E-state index in [9.17, 15) is 13.6 Å². The first kappa shape index (κ1) is 15.3. The molecule has 1 aromatic rings. The number of amides is 1. The molecule has 0 heterocycles. The van der Waals surface area contributed by atoms with Crippen LogP contribution in [0.4, 0.5) is 8.78 Å². The first-order valence-corrected chi connectivity index (χ1v) is 7.26. The van der Waals surface area contributed by atoms with Gasteiger partial charge in [-0.3, -0.25) is 4.79 Å². The van der Waals surface area contributed by atoms with E-state index in [4.69, 9.17) is 0 Å². The van der Waals surface area contributed by atoms with Crippen LogP contribution in [0.25, 0.3) is 0 Å². The van der Waals surface area contributed by atoms with Gasteiger partial charge in [0.15, 0.2) is 0 Å². The van der Waals surface area contributed by atoms with Crippen LogP contribution in [0.3, 0.4) is 0 Å². The van der Waals surface area contributed by atoms with Crippen molar-refractivity contribution in [2.45, 2.75) is 26.3 Å². The number of benzene rings is 1. The predicted molar refractivity (Wildman–Crippen MR) is 75.7 cm³/mol. The Hall–Kier alpha value is -0.720. The molecule has 5 heteroatoms. The van der Waals surface area contributed by atoms with Crippen molar-refractivity contribution in [3.63, 3.8) is 0 Å². The highest BCUT2D eigenvalue weighted by atomic mass is 127. The van der Waals surface area contributed by atoms with Crippen molar-refractivity contribution >= 4 is 28.5 Å². The third-order valence-corrected chi connectivity index (χ3v) is 3.63. The minimum Gasteiger partial charge on any atom is -0.352 e. The van der Waals surface area contributed by atoms with Crippen molar-refractivity contribution in [3.05, 3.63) is 35.4 Å². The second-order valence-electron chi connectivity index (χ2n) is 4.48. The molecule has 0 fully saturated rings. The van der Waals surface area contributed by atoms with Crippen molar-refractivity contribution in [3.8, 4) is 0 Å². The van der Waals surface area contributed by atoms with Crippen molar-refractivity contribution in [2.24, 2.45) is 5.92 Å². The molecule has 1 atom stereocenters. The van der Waals surface area contributed by atoms with E-state index in [1.165, 1.54) is 6.07 Å². The maximum absolute atomic E-state index is 13.4. The summed E-state index contributed by atoms with van der Waals surface area (Å²) in [6.45, 7) is 4.03. The van der Waals surface area contributed by atoms with Crippen LogP contribution in [0, 0.1) is 17.6 Å². The third kappa shape index (κ3) is 4.51. The van der Waals surface area contributed by atoms with Gasteiger partial charge in [-0.05, 0) is 17.5 Å². The second-order valence-corrected chi connectivity index (χ2v) is 5.37. The van der Waals surface area contributed by atoms with Crippen molar-refractivity contribution in [2.75, 3.05) is 4.43 Å². The summed E-state index contributed by atoms with van der Waals surface area (Å²) in [5, 5.41) is 2.85. The highest BCUT2D eigenvalue weighted by Gasteiger charge is 2.16. The summed E-state index contributed by atoms with van der Waals surface area (Å²) in [5.74, 6) is -1.23. The zero-order valence-corrected chi connectivity index (χ0v) is 12.5. The quantitative estimate of drug-likeness (QED) is 0.629. The van der Waals surface area contributed by atoms with Gasteiger partial charge in [0.05, 0.1) is 6.42 Å². The van der Waals surface area contributed by atoms with E-state index in [-0.39, 0.29) is 23.9 Å². The Kier molecular flexibility index (Phi) is 5.98. The fourth-order valence-electron chi connectivity index (χ4n) is 1.48. The smallest absolute Gasteiger partial charge is 0.224 e. The largest absolute Gasteiger partial charge is 0.352 e. The van der Waals surface area contributed by atoms with Crippen LogP contribution in [0.1, 0.15) is 19.4 Å². The van der Waals surface area contributed by atoms with E-state index < -0.39 is 11.6 Å². The van der Waals surface area contributed by atoms with Gasteiger partial charge < -0.3 is 5.32 Å². The number of nitrogens with one attached hydrogen (secondary N) is 1. The normalized spacial score (nSPS) is 12.6. The standard InChI is InChI=1S/C13H16F2INO/c1-8(2)12(7-16)17-13(18)5-9-3-4-10(14)6-11(9)15/h3-4,6,8,12H,5,7H2,1-2H3,(H,17,18). The van der Waals surface area contributed by atoms with Gasteiger partial charge in [0.2, 0.25) is 5.91 Å². The van der Waals surface area contributed by atoms with Gasteiger partial charge in [0, 0.05) is 16.5 Å². The van der Waals surface area contributed by atoms with E-state index in [1.54, 1.807) is 0 Å². The minimum absolute atomic E-state index is 0.0635. The average molecular weight is 367 g/mol. The van der Waals surface area contributed by atoms with Crippen LogP contribution in [0.5, 0.6) is 0 Å². The molecule has 0 aliphatic heterocycles. The molecular formula is C13H16F2INO. The van der Waals surface area contributed by atoms with Gasteiger partial charge in [0.25, 0.3) is 0 Å². The Labute approximate surface area is 119 Å². The summed E-state index contributed by atoms with van der Waals surface area (Å²) in [4.78, 5) is 11.7.